The monoisotopic (exact) mass is 454 g/mol. The first-order valence-corrected chi connectivity index (χ1v) is 9.65. The quantitative estimate of drug-likeness (QED) is 0.219. The van der Waals surface area contributed by atoms with Crippen molar-refractivity contribution in [2.45, 2.75) is 0 Å². The van der Waals surface area contributed by atoms with Crippen molar-refractivity contribution in [3.8, 4) is 17.2 Å². The molecule has 2 N–H and O–H groups in total. The Bertz CT molecular complexity index is 1160. The number of aromatic carboxylic acids is 1. The molecule has 0 aliphatic rings. The van der Waals surface area contributed by atoms with Crippen LogP contribution in [0, 0.1) is 0 Å². The molecule has 0 bridgehead atoms. The lowest BCUT2D eigenvalue weighted by Gasteiger charge is -2.10. The van der Waals surface area contributed by atoms with E-state index in [4.69, 9.17) is 30.9 Å². The number of nitrogens with zero attached hydrogens (tertiary/aromatic N) is 1. The number of ether oxygens (including phenoxy) is 3. The molecule has 32 heavy (non-hydrogen) atoms. The molecule has 0 spiro atoms. The van der Waals surface area contributed by atoms with E-state index in [9.17, 15) is 9.59 Å². The van der Waals surface area contributed by atoms with Crippen molar-refractivity contribution >= 4 is 35.4 Å². The number of esters is 1. The summed E-state index contributed by atoms with van der Waals surface area (Å²) in [6.45, 7) is 0. The SMILES string of the molecule is COc1ccc(C(=O)Oc2ccc(C=NNc3ccc(Cl)c(C(=O)O)c3)cc2OC)cc1. The maximum absolute atomic E-state index is 12.4. The van der Waals surface area contributed by atoms with Crippen molar-refractivity contribution in [3.63, 3.8) is 0 Å². The molecule has 0 atom stereocenters. The molecule has 0 amide bonds. The van der Waals surface area contributed by atoms with Crippen LogP contribution in [-0.4, -0.2) is 37.5 Å². The number of carboxylic acid groups (broad SMARTS) is 1. The van der Waals surface area contributed by atoms with Crippen LogP contribution in [0.1, 0.15) is 26.3 Å². The third kappa shape index (κ3) is 5.55. The van der Waals surface area contributed by atoms with Gasteiger partial charge in [0.25, 0.3) is 0 Å². The van der Waals surface area contributed by atoms with Gasteiger partial charge >= 0.3 is 11.9 Å². The Morgan fingerprint density at radius 3 is 2.38 bits per heavy atom. The smallest absolute Gasteiger partial charge is 0.343 e. The van der Waals surface area contributed by atoms with E-state index in [1.807, 2.05) is 0 Å². The molecule has 0 aliphatic carbocycles. The maximum atomic E-state index is 12.4. The Labute approximate surface area is 189 Å². The first kappa shape index (κ1) is 22.6. The van der Waals surface area contributed by atoms with E-state index >= 15 is 0 Å². The zero-order chi connectivity index (χ0) is 23.1. The van der Waals surface area contributed by atoms with Gasteiger partial charge in [0.2, 0.25) is 0 Å². The second-order valence-electron chi connectivity index (χ2n) is 6.40. The lowest BCUT2D eigenvalue weighted by molar-refractivity contribution is 0.0694. The molecule has 0 radical (unpaired) electrons. The van der Waals surface area contributed by atoms with Crippen LogP contribution in [0.2, 0.25) is 5.02 Å². The fourth-order valence-corrected chi connectivity index (χ4v) is 2.87. The number of benzene rings is 3. The molecule has 8 nitrogen and oxygen atoms in total. The standard InChI is InChI=1S/C23H19ClN2O6/c1-30-17-7-4-15(5-8-17)23(29)32-20-10-3-14(11-21(20)31-2)13-25-26-16-6-9-19(24)18(12-16)22(27)28/h3-13,26H,1-2H3,(H,27,28). The number of methoxy groups -OCH3 is 2. The highest BCUT2D eigenvalue weighted by atomic mass is 35.5. The highest BCUT2D eigenvalue weighted by molar-refractivity contribution is 6.33. The number of anilines is 1. The summed E-state index contributed by atoms with van der Waals surface area (Å²) in [6.07, 6.45) is 1.51. The normalized spacial score (nSPS) is 10.6. The number of rotatable bonds is 8. The van der Waals surface area contributed by atoms with Gasteiger partial charge in [-0.3, -0.25) is 5.43 Å². The van der Waals surface area contributed by atoms with E-state index in [1.54, 1.807) is 55.6 Å². The van der Waals surface area contributed by atoms with Crippen LogP contribution in [0.15, 0.2) is 65.8 Å². The first-order chi connectivity index (χ1) is 15.4. The second kappa shape index (κ2) is 10.3. The van der Waals surface area contributed by atoms with Gasteiger partial charge in [0.1, 0.15) is 5.75 Å². The van der Waals surface area contributed by atoms with Gasteiger partial charge in [0.05, 0.1) is 42.3 Å². The van der Waals surface area contributed by atoms with E-state index < -0.39 is 11.9 Å². The van der Waals surface area contributed by atoms with Crippen LogP contribution < -0.4 is 19.6 Å². The number of hydrogen-bond donors (Lipinski definition) is 2. The molecular formula is C23H19ClN2O6. The zero-order valence-corrected chi connectivity index (χ0v) is 17.9. The van der Waals surface area contributed by atoms with Crippen LogP contribution in [0.3, 0.4) is 0 Å². The summed E-state index contributed by atoms with van der Waals surface area (Å²) in [5, 5.41) is 13.4. The Hall–Kier alpha value is -4.04. The predicted molar refractivity (Wildman–Crippen MR) is 121 cm³/mol. The van der Waals surface area contributed by atoms with Gasteiger partial charge in [-0.1, -0.05) is 11.6 Å². The van der Waals surface area contributed by atoms with Gasteiger partial charge in [0, 0.05) is 0 Å². The summed E-state index contributed by atoms with van der Waals surface area (Å²) in [4.78, 5) is 23.6. The number of carboxylic acids is 1. The molecule has 0 aliphatic heterocycles. The van der Waals surface area contributed by atoms with Gasteiger partial charge in [0.15, 0.2) is 11.5 Å². The molecule has 0 saturated carbocycles. The lowest BCUT2D eigenvalue weighted by atomic mass is 10.2. The van der Waals surface area contributed by atoms with Crippen LogP contribution in [-0.2, 0) is 0 Å². The minimum atomic E-state index is -1.13. The van der Waals surface area contributed by atoms with E-state index in [1.165, 1.54) is 25.5 Å². The van der Waals surface area contributed by atoms with Gasteiger partial charge < -0.3 is 19.3 Å². The van der Waals surface area contributed by atoms with Crippen LogP contribution in [0.4, 0.5) is 5.69 Å². The second-order valence-corrected chi connectivity index (χ2v) is 6.81. The van der Waals surface area contributed by atoms with Crippen molar-refractivity contribution in [3.05, 3.63) is 82.4 Å². The van der Waals surface area contributed by atoms with Gasteiger partial charge in [-0.05, 0) is 66.2 Å². The van der Waals surface area contributed by atoms with Crippen molar-refractivity contribution in [1.82, 2.24) is 0 Å². The van der Waals surface area contributed by atoms with Gasteiger partial charge in [-0.15, -0.1) is 0 Å². The average molecular weight is 455 g/mol. The highest BCUT2D eigenvalue weighted by Gasteiger charge is 2.13. The lowest BCUT2D eigenvalue weighted by Crippen LogP contribution is -2.09. The fourth-order valence-electron chi connectivity index (χ4n) is 2.67. The molecule has 3 aromatic carbocycles. The fraction of sp³-hybridized carbons (Fsp3) is 0.0870. The van der Waals surface area contributed by atoms with E-state index in [2.05, 4.69) is 10.5 Å². The summed E-state index contributed by atoms with van der Waals surface area (Å²) in [6, 6.07) is 15.9. The molecule has 3 rings (SSSR count). The molecule has 0 aromatic heterocycles. The Morgan fingerprint density at radius 1 is 0.969 bits per heavy atom. The third-order valence-corrected chi connectivity index (χ3v) is 4.65. The number of hydrogen-bond acceptors (Lipinski definition) is 7. The van der Waals surface area contributed by atoms with Crippen molar-refractivity contribution in [1.29, 1.82) is 0 Å². The Morgan fingerprint density at radius 2 is 1.72 bits per heavy atom. The van der Waals surface area contributed by atoms with Crippen LogP contribution in [0.25, 0.3) is 0 Å². The molecule has 0 fully saturated rings. The third-order valence-electron chi connectivity index (χ3n) is 4.32. The number of halogens is 1. The average Bonchev–Trinajstić information content (AvgIpc) is 2.80. The first-order valence-electron chi connectivity index (χ1n) is 9.27. The summed E-state index contributed by atoms with van der Waals surface area (Å²) in [5.41, 5.74) is 4.19. The van der Waals surface area contributed by atoms with Crippen LogP contribution in [0.5, 0.6) is 17.2 Å². The highest BCUT2D eigenvalue weighted by Crippen LogP contribution is 2.29. The van der Waals surface area contributed by atoms with Gasteiger partial charge in [-0.2, -0.15) is 5.10 Å². The molecule has 0 saturated heterocycles. The van der Waals surface area contributed by atoms with E-state index in [0.717, 1.165) is 0 Å². The topological polar surface area (TPSA) is 106 Å². The van der Waals surface area contributed by atoms with E-state index in [0.29, 0.717) is 28.3 Å². The number of carbonyl (C=O) groups is 2. The van der Waals surface area contributed by atoms with Crippen molar-refractivity contribution in [2.24, 2.45) is 5.10 Å². The summed E-state index contributed by atoms with van der Waals surface area (Å²) in [7, 11) is 3.00. The molecule has 0 heterocycles. The van der Waals surface area contributed by atoms with E-state index in [-0.39, 0.29) is 16.3 Å². The summed E-state index contributed by atoms with van der Waals surface area (Å²) < 4.78 is 15.8. The largest absolute Gasteiger partial charge is 0.497 e. The van der Waals surface area contributed by atoms with Crippen molar-refractivity contribution < 1.29 is 28.9 Å². The summed E-state index contributed by atoms with van der Waals surface area (Å²) >= 11 is 5.86. The maximum Gasteiger partial charge on any atom is 0.343 e. The predicted octanol–water partition coefficient (Wildman–Crippen LogP) is 4.72. The number of carbonyl (C=O) groups excluding carboxylic acids is 1. The summed E-state index contributed by atoms with van der Waals surface area (Å²) in [5.74, 6) is -0.440. The molecular weight excluding hydrogens is 436 g/mol. The zero-order valence-electron chi connectivity index (χ0n) is 17.2. The number of nitrogens with one attached hydrogen (secondary N) is 1. The molecule has 164 valence electrons. The molecule has 0 unspecified atom stereocenters. The molecule has 9 heteroatoms. The minimum Gasteiger partial charge on any atom is -0.497 e. The molecule has 3 aromatic rings. The Balaban J connectivity index is 1.70. The minimum absolute atomic E-state index is 0.0310. The Kier molecular flexibility index (Phi) is 7.30. The number of hydrazone groups is 1. The van der Waals surface area contributed by atoms with Crippen molar-refractivity contribution in [2.75, 3.05) is 19.6 Å². The van der Waals surface area contributed by atoms with Crippen LogP contribution >= 0.6 is 11.6 Å². The van der Waals surface area contributed by atoms with Gasteiger partial charge in [-0.25, -0.2) is 9.59 Å².